The monoisotopic (exact) mass is 1500 g/mol. The molecule has 0 aromatic heterocycles. The standard InChI is InChI=1S/C69H124N8O27/c1-45(81)75-55-61(91)58(88)48(42-78)102-64(55)97-36-18-24-51(84)70-31-13-7-5-6-12-27-54(87)96-39-21-28-69(4,29-22-40-100-67(94)73-34-16-10-8-14-32-71-52(85)25-19-37-98-65-56(76-46(2)82)62(92)59(89)49(43-79)103-65)30-23-41-101-68(95)74-35-17-11-9-15-33-72-53(86)26-20-38-99-66-57(77-47(3)83)63(93)60(90)50(44-80)104-66/h48-50,55-66,78-80,88-93H,5-44H2,1-4H3,(H,70,84)(H,71,85)(H,72,86)(H,73,94)(H,74,95)(H,75,81)(H,76,82)(H,77,83). The maximum Gasteiger partial charge on any atom is 0.407 e. The van der Waals surface area contributed by atoms with Crippen LogP contribution in [-0.2, 0) is 76.2 Å². The van der Waals surface area contributed by atoms with Gasteiger partial charge >= 0.3 is 18.2 Å². The summed E-state index contributed by atoms with van der Waals surface area (Å²) in [4.78, 5) is 110. The summed E-state index contributed by atoms with van der Waals surface area (Å²) in [5, 5.41) is 112. The van der Waals surface area contributed by atoms with Crippen LogP contribution >= 0.6 is 0 Å². The van der Waals surface area contributed by atoms with E-state index in [9.17, 15) is 89.1 Å². The van der Waals surface area contributed by atoms with Gasteiger partial charge in [-0.15, -0.1) is 0 Å². The zero-order valence-electron chi connectivity index (χ0n) is 61.3. The van der Waals surface area contributed by atoms with E-state index in [4.69, 9.17) is 42.6 Å². The Hall–Kier alpha value is -5.77. The van der Waals surface area contributed by atoms with E-state index in [0.717, 1.165) is 64.2 Å². The summed E-state index contributed by atoms with van der Waals surface area (Å²) in [7, 11) is 0. The van der Waals surface area contributed by atoms with E-state index in [0.29, 0.717) is 110 Å². The van der Waals surface area contributed by atoms with E-state index >= 15 is 0 Å². The van der Waals surface area contributed by atoms with Crippen LogP contribution in [0, 0.1) is 5.41 Å². The number of unbranched alkanes of at least 4 members (excludes halogenated alkanes) is 10. The number of rotatable bonds is 55. The first-order valence-electron chi connectivity index (χ1n) is 37.1. The average Bonchev–Trinajstić information content (AvgIpc) is 0.822. The van der Waals surface area contributed by atoms with Gasteiger partial charge in [-0.25, -0.2) is 9.59 Å². The highest BCUT2D eigenvalue weighted by atomic mass is 16.7. The molecule has 0 aromatic rings. The molecule has 3 fully saturated rings. The molecule has 35 nitrogen and oxygen atoms in total. The number of hydrogen-bond acceptors (Lipinski definition) is 27. The molecule has 602 valence electrons. The molecule has 0 bridgehead atoms. The van der Waals surface area contributed by atoms with Crippen molar-refractivity contribution >= 4 is 53.6 Å². The molecule has 15 atom stereocenters. The fraction of sp³-hybridized carbons (Fsp3) is 0.870. The fourth-order valence-corrected chi connectivity index (χ4v) is 12.2. The number of aliphatic hydroxyl groups is 9. The summed E-state index contributed by atoms with van der Waals surface area (Å²) in [5.74, 6) is -2.25. The number of nitrogens with one attached hydrogen (secondary N) is 8. The Bertz CT molecular complexity index is 2210. The van der Waals surface area contributed by atoms with Gasteiger partial charge in [0.15, 0.2) is 18.9 Å². The first-order chi connectivity index (χ1) is 49.8. The second-order valence-corrected chi connectivity index (χ2v) is 27.1. The summed E-state index contributed by atoms with van der Waals surface area (Å²) in [6, 6.07) is -3.20. The first kappa shape index (κ1) is 92.4. The molecule has 3 rings (SSSR count). The Balaban J connectivity index is 1.30. The maximum absolute atomic E-state index is 12.7. The van der Waals surface area contributed by atoms with Crippen LogP contribution < -0.4 is 42.5 Å². The summed E-state index contributed by atoms with van der Waals surface area (Å²) >= 11 is 0. The third kappa shape index (κ3) is 38.7. The number of carbonyl (C=O) groups excluding carboxylic acids is 9. The molecule has 0 aromatic carbocycles. The van der Waals surface area contributed by atoms with Gasteiger partial charge in [0.2, 0.25) is 35.4 Å². The van der Waals surface area contributed by atoms with Crippen LogP contribution in [0.1, 0.15) is 195 Å². The molecule has 3 saturated heterocycles. The minimum atomic E-state index is -1.43. The largest absolute Gasteiger partial charge is 0.466 e. The average molecular weight is 1500 g/mol. The smallest absolute Gasteiger partial charge is 0.407 e. The molecule has 15 unspecified atom stereocenters. The van der Waals surface area contributed by atoms with E-state index in [1.807, 2.05) is 0 Å². The predicted octanol–water partition coefficient (Wildman–Crippen LogP) is -0.640. The summed E-state index contributed by atoms with van der Waals surface area (Å²) in [6.07, 6.45) is -0.995. The Morgan fingerprint density at radius 2 is 0.615 bits per heavy atom. The van der Waals surface area contributed by atoms with E-state index < -0.39 is 142 Å². The number of carbonyl (C=O) groups is 9. The number of esters is 1. The molecule has 3 heterocycles. The van der Waals surface area contributed by atoms with E-state index in [2.05, 4.69) is 49.5 Å². The molecule has 35 heteroatoms. The van der Waals surface area contributed by atoms with Gasteiger partial charge in [-0.05, 0) is 102 Å². The van der Waals surface area contributed by atoms with Crippen LogP contribution in [0.2, 0.25) is 0 Å². The summed E-state index contributed by atoms with van der Waals surface area (Å²) in [6.45, 7) is 7.08. The van der Waals surface area contributed by atoms with Crippen LogP contribution in [0.5, 0.6) is 0 Å². The number of alkyl carbamates (subject to hydrolysis) is 2. The van der Waals surface area contributed by atoms with Crippen molar-refractivity contribution in [3.05, 3.63) is 0 Å². The summed E-state index contributed by atoms with van der Waals surface area (Å²) in [5.41, 5.74) is -0.271. The van der Waals surface area contributed by atoms with E-state index in [-0.39, 0.29) is 94.4 Å². The first-order valence-corrected chi connectivity index (χ1v) is 37.1. The van der Waals surface area contributed by atoms with E-state index in [1.165, 1.54) is 20.8 Å². The molecular formula is C69H124N8O27. The summed E-state index contributed by atoms with van der Waals surface area (Å²) < 4.78 is 50.2. The molecule has 0 aliphatic carbocycles. The van der Waals surface area contributed by atoms with Crippen LogP contribution in [0.25, 0.3) is 0 Å². The zero-order valence-corrected chi connectivity index (χ0v) is 61.3. The highest BCUT2D eigenvalue weighted by molar-refractivity contribution is 5.77. The molecule has 0 spiro atoms. The van der Waals surface area contributed by atoms with Crippen molar-refractivity contribution in [2.24, 2.45) is 5.41 Å². The van der Waals surface area contributed by atoms with E-state index in [1.54, 1.807) is 0 Å². The lowest BCUT2D eigenvalue weighted by atomic mass is 9.77. The molecule has 0 radical (unpaired) electrons. The number of amides is 8. The Kier molecular flexibility index (Phi) is 47.9. The van der Waals surface area contributed by atoms with Crippen molar-refractivity contribution in [1.29, 1.82) is 0 Å². The van der Waals surface area contributed by atoms with Crippen molar-refractivity contribution in [1.82, 2.24) is 42.5 Å². The topological polar surface area (TPSA) is 515 Å². The second-order valence-electron chi connectivity index (χ2n) is 27.1. The van der Waals surface area contributed by atoms with Crippen LogP contribution in [0.3, 0.4) is 0 Å². The second kappa shape index (κ2) is 53.9. The molecule has 3 aliphatic rings. The van der Waals surface area contributed by atoms with Crippen LogP contribution in [0.4, 0.5) is 9.59 Å². The van der Waals surface area contributed by atoms with Crippen LogP contribution in [0.15, 0.2) is 0 Å². The molecular weight excluding hydrogens is 1370 g/mol. The molecule has 17 N–H and O–H groups in total. The quantitative estimate of drug-likeness (QED) is 0.0205. The molecule has 8 amide bonds. The fourth-order valence-electron chi connectivity index (χ4n) is 12.2. The predicted molar refractivity (Wildman–Crippen MR) is 371 cm³/mol. The van der Waals surface area contributed by atoms with Crippen LogP contribution in [-0.4, -0.2) is 284 Å². The van der Waals surface area contributed by atoms with Crippen molar-refractivity contribution in [2.75, 3.05) is 92.2 Å². The van der Waals surface area contributed by atoms with Gasteiger partial charge in [0, 0.05) is 79.2 Å². The van der Waals surface area contributed by atoms with Gasteiger partial charge in [-0.2, -0.15) is 0 Å². The van der Waals surface area contributed by atoms with Crippen molar-refractivity contribution in [3.63, 3.8) is 0 Å². The minimum absolute atomic E-state index is 0.0570. The number of hydrogen-bond donors (Lipinski definition) is 17. The molecule has 0 saturated carbocycles. The number of aliphatic hydroxyl groups excluding tert-OH is 9. The van der Waals surface area contributed by atoms with Gasteiger partial charge in [-0.3, -0.25) is 33.6 Å². The number of ether oxygens (including phenoxy) is 9. The highest BCUT2D eigenvalue weighted by Crippen LogP contribution is 2.35. The van der Waals surface area contributed by atoms with Gasteiger partial charge in [-0.1, -0.05) is 51.9 Å². The lowest BCUT2D eigenvalue weighted by molar-refractivity contribution is -0.270. The zero-order chi connectivity index (χ0) is 76.7. The normalized spacial score (nSPS) is 25.1. The molecule has 3 aliphatic heterocycles. The Labute approximate surface area is 610 Å². The van der Waals surface area contributed by atoms with Gasteiger partial charge in [0.05, 0.1) is 59.5 Å². The van der Waals surface area contributed by atoms with Crippen molar-refractivity contribution in [2.45, 2.75) is 287 Å². The van der Waals surface area contributed by atoms with Gasteiger partial charge in [0.1, 0.15) is 73.1 Å². The minimum Gasteiger partial charge on any atom is -0.466 e. The lowest BCUT2D eigenvalue weighted by Crippen LogP contribution is -2.64. The third-order valence-corrected chi connectivity index (χ3v) is 18.0. The maximum atomic E-state index is 12.7. The van der Waals surface area contributed by atoms with Gasteiger partial charge in [0.25, 0.3) is 0 Å². The van der Waals surface area contributed by atoms with Gasteiger partial charge < -0.3 is 131 Å². The lowest BCUT2D eigenvalue weighted by Gasteiger charge is -2.42. The van der Waals surface area contributed by atoms with Crippen molar-refractivity contribution in [3.8, 4) is 0 Å². The Morgan fingerprint density at radius 3 is 0.913 bits per heavy atom. The Morgan fingerprint density at radius 1 is 0.337 bits per heavy atom. The third-order valence-electron chi connectivity index (χ3n) is 18.0. The molecule has 104 heavy (non-hydrogen) atoms. The highest BCUT2D eigenvalue weighted by Gasteiger charge is 2.48. The SMILES string of the molecule is CC(=O)NC1C(OCCCC(=O)NCCCCCCCC(=O)OCCCC(C)(CCCOC(=O)NCCCCCCNC(=O)CCCOC2OC(CO)C(O)C(O)C2NC(C)=O)CCCOC(=O)NCCCCCCNC(=O)CCCOC2OC(CO)C(O)C(O)C2NC(C)=O)OC(CO)C(O)C1O. The van der Waals surface area contributed by atoms with Crippen molar-refractivity contribution < 1.29 is 132 Å².